The van der Waals surface area contributed by atoms with E-state index in [1.165, 1.54) is 11.1 Å². The van der Waals surface area contributed by atoms with Gasteiger partial charge in [0.25, 0.3) is 0 Å². The van der Waals surface area contributed by atoms with Crippen molar-refractivity contribution in [3.05, 3.63) is 66.7 Å². The van der Waals surface area contributed by atoms with Crippen molar-refractivity contribution in [1.82, 2.24) is 0 Å². The van der Waals surface area contributed by atoms with E-state index in [-0.39, 0.29) is 0 Å². The number of halogens is 2. The molecule has 0 aliphatic heterocycles. The summed E-state index contributed by atoms with van der Waals surface area (Å²) < 4.78 is 1.02. The van der Waals surface area contributed by atoms with Gasteiger partial charge in [-0.15, -0.1) is 0 Å². The maximum Gasteiger partial charge on any atom is 0.105 e. The lowest BCUT2D eigenvalue weighted by Crippen LogP contribution is -2.05. The maximum absolute atomic E-state index is 10.6. The first-order valence-electron chi connectivity index (χ1n) is 6.11. The van der Waals surface area contributed by atoms with Crippen LogP contribution < -0.4 is 0 Å². The molecule has 1 nitrogen and oxygen atoms in total. The van der Waals surface area contributed by atoms with Gasteiger partial charge in [0.2, 0.25) is 0 Å². The zero-order chi connectivity index (χ0) is 14.2. The van der Waals surface area contributed by atoms with Crippen LogP contribution in [0.5, 0.6) is 0 Å². The van der Waals surface area contributed by atoms with E-state index >= 15 is 0 Å². The van der Waals surface area contributed by atoms with Crippen molar-refractivity contribution in [3.63, 3.8) is 0 Å². The second-order valence-electron chi connectivity index (χ2n) is 4.86. The number of aryl methyl sites for hydroxylation is 3. The highest BCUT2D eigenvalue weighted by molar-refractivity contribution is 14.1. The van der Waals surface area contributed by atoms with Crippen LogP contribution in [0.15, 0.2) is 30.3 Å². The first kappa shape index (κ1) is 14.8. The third kappa shape index (κ3) is 3.12. The van der Waals surface area contributed by atoms with Gasteiger partial charge in [-0.25, -0.2) is 0 Å². The lowest BCUT2D eigenvalue weighted by atomic mass is 9.93. The Morgan fingerprint density at radius 1 is 0.947 bits per heavy atom. The fourth-order valence-corrected chi connectivity index (χ4v) is 2.98. The number of rotatable bonds is 2. The lowest BCUT2D eigenvalue weighted by molar-refractivity contribution is 0.218. The fraction of sp³-hybridized carbons (Fsp3) is 0.250. The fourth-order valence-electron chi connectivity index (χ4n) is 2.17. The molecule has 2 aromatic carbocycles. The predicted octanol–water partition coefficient (Wildman–Crippen LogP) is 4.95. The summed E-state index contributed by atoms with van der Waals surface area (Å²) in [6, 6.07) is 9.78. The van der Waals surface area contributed by atoms with Crippen molar-refractivity contribution in [1.29, 1.82) is 0 Å². The van der Waals surface area contributed by atoms with Crippen LogP contribution in [0.25, 0.3) is 0 Å². The summed E-state index contributed by atoms with van der Waals surface area (Å²) in [4.78, 5) is 0. The molecule has 1 N–H and O–H groups in total. The van der Waals surface area contributed by atoms with Gasteiger partial charge in [0.1, 0.15) is 6.10 Å². The van der Waals surface area contributed by atoms with Crippen LogP contribution in [-0.4, -0.2) is 5.11 Å². The quantitative estimate of drug-likeness (QED) is 0.724. The predicted molar refractivity (Wildman–Crippen MR) is 88.9 cm³/mol. The second-order valence-corrected chi connectivity index (χ2v) is 6.46. The summed E-state index contributed by atoms with van der Waals surface area (Å²) in [6.45, 7) is 6.18. The van der Waals surface area contributed by atoms with Gasteiger partial charge in [-0.05, 0) is 89.4 Å². The summed E-state index contributed by atoms with van der Waals surface area (Å²) >= 11 is 8.26. The van der Waals surface area contributed by atoms with E-state index in [9.17, 15) is 5.11 Å². The maximum atomic E-state index is 10.6. The average molecular weight is 387 g/mol. The minimum atomic E-state index is -0.634. The number of aliphatic hydroxyl groups excluding tert-OH is 1. The summed E-state index contributed by atoms with van der Waals surface area (Å²) in [7, 11) is 0. The molecule has 1 unspecified atom stereocenters. The SMILES string of the molecule is Cc1cc(C)c(C(O)c2cc(Cl)ccc2I)cc1C. The topological polar surface area (TPSA) is 20.2 Å². The molecule has 19 heavy (non-hydrogen) atoms. The van der Waals surface area contributed by atoms with Gasteiger partial charge < -0.3 is 5.11 Å². The van der Waals surface area contributed by atoms with E-state index in [1.807, 2.05) is 25.1 Å². The highest BCUT2D eigenvalue weighted by atomic mass is 127. The standard InChI is InChI=1S/C16H16ClIO/c1-9-6-11(3)13(7-10(9)2)16(19)14-8-12(17)4-5-15(14)18/h4-8,16,19H,1-3H3. The van der Waals surface area contributed by atoms with E-state index in [0.29, 0.717) is 5.02 Å². The monoisotopic (exact) mass is 386 g/mol. The van der Waals surface area contributed by atoms with Crippen LogP contribution in [0.1, 0.15) is 33.9 Å². The Hall–Kier alpha value is -0.580. The molecule has 0 bridgehead atoms. The van der Waals surface area contributed by atoms with Crippen molar-refractivity contribution in [2.45, 2.75) is 26.9 Å². The minimum Gasteiger partial charge on any atom is -0.384 e. The molecule has 1 atom stereocenters. The molecule has 0 fully saturated rings. The van der Waals surface area contributed by atoms with Gasteiger partial charge in [-0.3, -0.25) is 0 Å². The molecule has 3 heteroatoms. The third-order valence-corrected chi connectivity index (χ3v) is 4.65. The zero-order valence-corrected chi connectivity index (χ0v) is 14.1. The third-order valence-electron chi connectivity index (χ3n) is 3.43. The average Bonchev–Trinajstić information content (AvgIpc) is 2.36. The summed E-state index contributed by atoms with van der Waals surface area (Å²) in [5, 5.41) is 11.3. The van der Waals surface area contributed by atoms with E-state index in [2.05, 4.69) is 48.6 Å². The van der Waals surface area contributed by atoms with Gasteiger partial charge in [0.15, 0.2) is 0 Å². The molecule has 0 spiro atoms. The molecular formula is C16H16ClIO. The van der Waals surface area contributed by atoms with E-state index < -0.39 is 6.10 Å². The molecule has 100 valence electrons. The molecule has 0 saturated carbocycles. The normalized spacial score (nSPS) is 12.5. The van der Waals surface area contributed by atoms with Crippen LogP contribution in [0.4, 0.5) is 0 Å². The Bertz CT molecular complexity index is 622. The second kappa shape index (κ2) is 5.81. The van der Waals surface area contributed by atoms with Gasteiger partial charge in [0.05, 0.1) is 0 Å². The molecule has 0 radical (unpaired) electrons. The van der Waals surface area contributed by atoms with Crippen LogP contribution in [0.2, 0.25) is 5.02 Å². The van der Waals surface area contributed by atoms with Gasteiger partial charge in [0, 0.05) is 8.59 Å². The summed E-state index contributed by atoms with van der Waals surface area (Å²) in [6.07, 6.45) is -0.634. The minimum absolute atomic E-state index is 0.634. The Labute approximate surface area is 132 Å². The molecule has 2 aromatic rings. The van der Waals surface area contributed by atoms with E-state index in [1.54, 1.807) is 0 Å². The van der Waals surface area contributed by atoms with Crippen molar-refractivity contribution in [2.24, 2.45) is 0 Å². The van der Waals surface area contributed by atoms with E-state index in [4.69, 9.17) is 11.6 Å². The van der Waals surface area contributed by atoms with Crippen molar-refractivity contribution < 1.29 is 5.11 Å². The van der Waals surface area contributed by atoms with Gasteiger partial charge in [-0.2, -0.15) is 0 Å². The molecular weight excluding hydrogens is 371 g/mol. The van der Waals surface area contributed by atoms with E-state index in [0.717, 1.165) is 20.3 Å². The first-order valence-corrected chi connectivity index (χ1v) is 7.56. The van der Waals surface area contributed by atoms with Crippen LogP contribution in [0.3, 0.4) is 0 Å². The van der Waals surface area contributed by atoms with Crippen molar-refractivity contribution in [3.8, 4) is 0 Å². The van der Waals surface area contributed by atoms with Crippen LogP contribution >= 0.6 is 34.2 Å². The summed E-state index contributed by atoms with van der Waals surface area (Å²) in [5.74, 6) is 0. The number of aliphatic hydroxyl groups is 1. The summed E-state index contributed by atoms with van der Waals surface area (Å²) in [5.41, 5.74) is 5.35. The molecule has 0 saturated heterocycles. The molecule has 0 aliphatic rings. The van der Waals surface area contributed by atoms with Gasteiger partial charge in [-0.1, -0.05) is 23.7 Å². The highest BCUT2D eigenvalue weighted by Gasteiger charge is 2.17. The van der Waals surface area contributed by atoms with Crippen molar-refractivity contribution in [2.75, 3.05) is 0 Å². The smallest absolute Gasteiger partial charge is 0.105 e. The Balaban J connectivity index is 2.52. The Kier molecular flexibility index (Phi) is 4.54. The highest BCUT2D eigenvalue weighted by Crippen LogP contribution is 2.31. The Morgan fingerprint density at radius 3 is 2.26 bits per heavy atom. The molecule has 0 heterocycles. The Morgan fingerprint density at radius 2 is 1.58 bits per heavy atom. The molecule has 2 rings (SSSR count). The molecule has 0 aromatic heterocycles. The zero-order valence-electron chi connectivity index (χ0n) is 11.2. The van der Waals surface area contributed by atoms with Crippen LogP contribution in [0, 0.1) is 24.3 Å². The molecule has 0 amide bonds. The largest absolute Gasteiger partial charge is 0.384 e. The van der Waals surface area contributed by atoms with Crippen molar-refractivity contribution >= 4 is 34.2 Å². The number of hydrogen-bond donors (Lipinski definition) is 1. The van der Waals surface area contributed by atoms with Crippen LogP contribution in [-0.2, 0) is 0 Å². The number of hydrogen-bond acceptors (Lipinski definition) is 1. The first-order chi connectivity index (χ1) is 8.90. The lowest BCUT2D eigenvalue weighted by Gasteiger charge is -2.18. The molecule has 0 aliphatic carbocycles. The number of benzene rings is 2. The van der Waals surface area contributed by atoms with Gasteiger partial charge >= 0.3 is 0 Å².